The number of primary sulfonamides is 1. The summed E-state index contributed by atoms with van der Waals surface area (Å²) < 4.78 is 69.8. The van der Waals surface area contributed by atoms with Gasteiger partial charge in [-0.15, -0.1) is 0 Å². The molecule has 0 saturated heterocycles. The Labute approximate surface area is 170 Å². The quantitative estimate of drug-likeness (QED) is 0.476. The van der Waals surface area contributed by atoms with Crippen LogP contribution in [0.15, 0.2) is 71.6 Å². The van der Waals surface area contributed by atoms with Crippen LogP contribution in [0.5, 0.6) is 5.75 Å². The smallest absolute Gasteiger partial charge is 0.416 e. The van der Waals surface area contributed by atoms with Crippen LogP contribution < -0.4 is 9.88 Å². The number of methoxy groups -OCH3 is 1. The van der Waals surface area contributed by atoms with Gasteiger partial charge in [-0.05, 0) is 45.8 Å². The lowest BCUT2D eigenvalue weighted by atomic mass is 9.92. The molecule has 0 heterocycles. The summed E-state index contributed by atoms with van der Waals surface area (Å²) in [4.78, 5) is -0.133. The van der Waals surface area contributed by atoms with Crippen molar-refractivity contribution in [1.29, 1.82) is 0 Å². The largest absolute Gasteiger partial charge is 0.496 e. The Hall–Kier alpha value is -3.10. The number of hydrogen-bond acceptors (Lipinski definition) is 3. The molecule has 4 aromatic carbocycles. The number of ether oxygens (including phenoxy) is 1. The molecule has 0 aliphatic heterocycles. The van der Waals surface area contributed by atoms with Crippen molar-refractivity contribution in [2.75, 3.05) is 7.11 Å². The van der Waals surface area contributed by atoms with Crippen molar-refractivity contribution in [3.8, 4) is 16.9 Å². The highest BCUT2D eigenvalue weighted by Crippen LogP contribution is 2.44. The predicted molar refractivity (Wildman–Crippen MR) is 110 cm³/mol. The number of halogens is 3. The Morgan fingerprint density at radius 2 is 1.50 bits per heavy atom. The third-order valence-corrected chi connectivity index (χ3v) is 5.93. The van der Waals surface area contributed by atoms with E-state index in [-0.39, 0.29) is 10.5 Å². The number of alkyl halides is 3. The van der Waals surface area contributed by atoms with E-state index in [1.54, 1.807) is 24.3 Å². The van der Waals surface area contributed by atoms with Gasteiger partial charge in [0.25, 0.3) is 0 Å². The third kappa shape index (κ3) is 3.38. The normalized spacial score (nSPS) is 12.4. The van der Waals surface area contributed by atoms with Gasteiger partial charge in [0.05, 0.1) is 17.6 Å². The molecule has 4 nitrogen and oxygen atoms in total. The van der Waals surface area contributed by atoms with Gasteiger partial charge in [0.2, 0.25) is 10.0 Å². The fraction of sp³-hybridized carbons (Fsp3) is 0.0909. The maximum atomic E-state index is 13.2. The van der Waals surface area contributed by atoms with E-state index in [2.05, 4.69) is 0 Å². The Morgan fingerprint density at radius 1 is 0.833 bits per heavy atom. The van der Waals surface area contributed by atoms with Gasteiger partial charge in [-0.2, -0.15) is 13.2 Å². The zero-order chi connectivity index (χ0) is 21.7. The van der Waals surface area contributed by atoms with Crippen molar-refractivity contribution >= 4 is 31.6 Å². The van der Waals surface area contributed by atoms with Crippen LogP contribution in [-0.4, -0.2) is 15.5 Å². The first-order chi connectivity index (χ1) is 14.1. The molecule has 4 aromatic rings. The number of hydrogen-bond donors (Lipinski definition) is 1. The summed E-state index contributed by atoms with van der Waals surface area (Å²) in [6.45, 7) is 0. The summed E-state index contributed by atoms with van der Waals surface area (Å²) >= 11 is 0. The number of nitrogens with two attached hydrogens (primary N) is 1. The number of benzene rings is 4. The van der Waals surface area contributed by atoms with Crippen LogP contribution in [0.2, 0.25) is 0 Å². The van der Waals surface area contributed by atoms with E-state index in [0.29, 0.717) is 27.5 Å². The van der Waals surface area contributed by atoms with Crippen molar-refractivity contribution in [2.24, 2.45) is 5.14 Å². The van der Waals surface area contributed by atoms with Gasteiger partial charge in [0.15, 0.2) is 0 Å². The lowest BCUT2D eigenvalue weighted by molar-refractivity contribution is -0.137. The van der Waals surface area contributed by atoms with Gasteiger partial charge in [0.1, 0.15) is 5.75 Å². The highest BCUT2D eigenvalue weighted by atomic mass is 32.2. The zero-order valence-corrected chi connectivity index (χ0v) is 16.5. The first-order valence-electron chi connectivity index (χ1n) is 8.84. The molecular weight excluding hydrogens is 415 g/mol. The van der Waals surface area contributed by atoms with Gasteiger partial charge >= 0.3 is 6.18 Å². The van der Waals surface area contributed by atoms with Gasteiger partial charge in [0, 0.05) is 11.1 Å². The second kappa shape index (κ2) is 7.00. The molecule has 8 heteroatoms. The Morgan fingerprint density at radius 3 is 2.17 bits per heavy atom. The van der Waals surface area contributed by atoms with E-state index in [0.717, 1.165) is 17.5 Å². The van der Waals surface area contributed by atoms with Crippen LogP contribution in [0.3, 0.4) is 0 Å². The topological polar surface area (TPSA) is 69.4 Å². The van der Waals surface area contributed by atoms with E-state index in [1.807, 2.05) is 6.07 Å². The first-order valence-corrected chi connectivity index (χ1v) is 10.4. The highest BCUT2D eigenvalue weighted by Gasteiger charge is 2.31. The molecule has 0 saturated carbocycles. The van der Waals surface area contributed by atoms with Gasteiger partial charge < -0.3 is 4.74 Å². The summed E-state index contributed by atoms with van der Waals surface area (Å²) in [6, 6.07) is 16.5. The number of fused-ring (bicyclic) bond motifs is 2. The summed E-state index contributed by atoms with van der Waals surface area (Å²) in [7, 11) is -2.72. The Balaban J connectivity index is 2.20. The third-order valence-electron chi connectivity index (χ3n) is 4.98. The second-order valence-electron chi connectivity index (χ2n) is 6.78. The maximum absolute atomic E-state index is 13.2. The SMILES string of the molecule is COc1ccc2cc(C(F)(F)F)ccc2c1-c1c(S(N)(=O)=O)ccc2ccccc12. The van der Waals surface area contributed by atoms with Crippen LogP contribution >= 0.6 is 0 Å². The monoisotopic (exact) mass is 431 g/mol. The molecule has 0 aliphatic rings. The lowest BCUT2D eigenvalue weighted by Crippen LogP contribution is -2.14. The molecule has 0 spiro atoms. The maximum Gasteiger partial charge on any atom is 0.416 e. The molecule has 30 heavy (non-hydrogen) atoms. The molecule has 0 amide bonds. The number of rotatable bonds is 3. The molecular formula is C22H16F3NO3S. The molecule has 0 unspecified atom stereocenters. The van der Waals surface area contributed by atoms with Gasteiger partial charge in [-0.25, -0.2) is 13.6 Å². The van der Waals surface area contributed by atoms with Crippen LogP contribution in [-0.2, 0) is 16.2 Å². The molecule has 154 valence electrons. The van der Waals surface area contributed by atoms with Crippen LogP contribution in [0.25, 0.3) is 32.7 Å². The van der Waals surface area contributed by atoms with Gasteiger partial charge in [-0.1, -0.05) is 42.5 Å². The summed E-state index contributed by atoms with van der Waals surface area (Å²) in [5.41, 5.74) is -0.141. The van der Waals surface area contributed by atoms with Crippen molar-refractivity contribution in [1.82, 2.24) is 0 Å². The van der Waals surface area contributed by atoms with E-state index in [1.165, 1.54) is 31.4 Å². The highest BCUT2D eigenvalue weighted by molar-refractivity contribution is 7.89. The molecule has 0 atom stereocenters. The van der Waals surface area contributed by atoms with Crippen LogP contribution in [0, 0.1) is 0 Å². The molecule has 4 rings (SSSR count). The van der Waals surface area contributed by atoms with E-state index >= 15 is 0 Å². The zero-order valence-electron chi connectivity index (χ0n) is 15.7. The summed E-state index contributed by atoms with van der Waals surface area (Å²) in [5.74, 6) is 0.323. The van der Waals surface area contributed by atoms with Crippen molar-refractivity contribution in [2.45, 2.75) is 11.1 Å². The Bertz CT molecular complexity index is 1400. The van der Waals surface area contributed by atoms with Gasteiger partial charge in [-0.3, -0.25) is 0 Å². The molecule has 0 aliphatic carbocycles. The van der Waals surface area contributed by atoms with Crippen molar-refractivity contribution in [3.05, 3.63) is 72.3 Å². The minimum Gasteiger partial charge on any atom is -0.496 e. The molecule has 0 radical (unpaired) electrons. The number of sulfonamides is 1. The second-order valence-corrected chi connectivity index (χ2v) is 8.31. The predicted octanol–water partition coefficient (Wildman–Crippen LogP) is 5.33. The standard InChI is InChI=1S/C22H16F3NO3S/c1-29-18-10-6-14-12-15(22(23,24)25)8-9-17(14)20(18)21-16-5-3-2-4-13(16)7-11-19(21)30(26,27)28/h2-12H,1H3,(H2,26,27,28). The summed E-state index contributed by atoms with van der Waals surface area (Å²) in [5, 5.41) is 7.55. The van der Waals surface area contributed by atoms with Crippen LogP contribution in [0.1, 0.15) is 5.56 Å². The van der Waals surface area contributed by atoms with E-state index < -0.39 is 21.8 Å². The van der Waals surface area contributed by atoms with E-state index in [9.17, 15) is 21.6 Å². The average Bonchev–Trinajstić information content (AvgIpc) is 2.70. The minimum atomic E-state index is -4.50. The minimum absolute atomic E-state index is 0.133. The van der Waals surface area contributed by atoms with E-state index in [4.69, 9.17) is 9.88 Å². The van der Waals surface area contributed by atoms with Crippen molar-refractivity contribution < 1.29 is 26.3 Å². The first kappa shape index (κ1) is 20.2. The molecule has 0 aromatic heterocycles. The summed E-state index contributed by atoms with van der Waals surface area (Å²) in [6.07, 6.45) is -4.50. The Kier molecular flexibility index (Phi) is 4.71. The molecule has 0 fully saturated rings. The van der Waals surface area contributed by atoms with Crippen molar-refractivity contribution in [3.63, 3.8) is 0 Å². The molecule has 0 bridgehead atoms. The van der Waals surface area contributed by atoms with Crippen LogP contribution in [0.4, 0.5) is 13.2 Å². The molecule has 2 N–H and O–H groups in total. The average molecular weight is 431 g/mol. The lowest BCUT2D eigenvalue weighted by Gasteiger charge is -2.18. The fourth-order valence-electron chi connectivity index (χ4n) is 3.66. The fourth-order valence-corrected chi connectivity index (χ4v) is 4.41.